The number of phenolic OH excluding ortho intramolecular Hbond substituents is 1. The summed E-state index contributed by atoms with van der Waals surface area (Å²) in [7, 11) is 1.49. The number of rotatable bonds is 3. The van der Waals surface area contributed by atoms with Crippen LogP contribution in [-0.4, -0.2) is 18.2 Å². The van der Waals surface area contributed by atoms with E-state index in [1.165, 1.54) is 20.1 Å². The smallest absolute Gasteiger partial charge is 0.302 e. The van der Waals surface area contributed by atoms with Crippen molar-refractivity contribution in [2.75, 3.05) is 7.11 Å². The van der Waals surface area contributed by atoms with Crippen molar-refractivity contribution in [3.05, 3.63) is 23.8 Å². The van der Waals surface area contributed by atoms with Crippen LogP contribution in [0.25, 0.3) is 0 Å². The maximum atomic E-state index is 10.6. The second-order valence-corrected chi connectivity index (χ2v) is 2.74. The summed E-state index contributed by atoms with van der Waals surface area (Å²) >= 11 is 0. The Labute approximate surface area is 82.1 Å². The van der Waals surface area contributed by atoms with Crippen molar-refractivity contribution in [3.8, 4) is 11.5 Å². The summed E-state index contributed by atoms with van der Waals surface area (Å²) in [5.41, 5.74) is 0.477. The average Bonchev–Trinajstić information content (AvgIpc) is 2.15. The number of aromatic hydroxyl groups is 1. The lowest BCUT2D eigenvalue weighted by molar-refractivity contribution is -0.142. The SMILES string of the molecule is COc1cccc(O)c1COC(C)=O. The molecule has 0 aliphatic heterocycles. The van der Waals surface area contributed by atoms with Gasteiger partial charge in [-0.15, -0.1) is 0 Å². The normalized spacial score (nSPS) is 9.57. The third kappa shape index (κ3) is 2.39. The molecular formula is C10H12O4. The molecule has 1 aromatic rings. The third-order valence-electron chi connectivity index (χ3n) is 1.75. The molecule has 0 fully saturated rings. The van der Waals surface area contributed by atoms with Gasteiger partial charge in [0.05, 0.1) is 12.7 Å². The number of methoxy groups -OCH3 is 1. The summed E-state index contributed by atoms with van der Waals surface area (Å²) in [6.07, 6.45) is 0. The predicted molar refractivity (Wildman–Crippen MR) is 50.1 cm³/mol. The van der Waals surface area contributed by atoms with Crippen LogP contribution in [0, 0.1) is 0 Å². The molecule has 14 heavy (non-hydrogen) atoms. The minimum Gasteiger partial charge on any atom is -0.507 e. The monoisotopic (exact) mass is 196 g/mol. The van der Waals surface area contributed by atoms with Crippen molar-refractivity contribution in [2.24, 2.45) is 0 Å². The summed E-state index contributed by atoms with van der Waals surface area (Å²) in [4.78, 5) is 10.6. The third-order valence-corrected chi connectivity index (χ3v) is 1.75. The van der Waals surface area contributed by atoms with Crippen LogP contribution < -0.4 is 4.74 Å². The molecule has 0 amide bonds. The molecule has 0 saturated heterocycles. The summed E-state index contributed by atoms with van der Waals surface area (Å²) in [5.74, 6) is 0.173. The van der Waals surface area contributed by atoms with E-state index >= 15 is 0 Å². The van der Waals surface area contributed by atoms with Gasteiger partial charge in [-0.05, 0) is 12.1 Å². The lowest BCUT2D eigenvalue weighted by Crippen LogP contribution is -2.01. The van der Waals surface area contributed by atoms with Gasteiger partial charge in [0.2, 0.25) is 0 Å². The first-order chi connectivity index (χ1) is 6.65. The van der Waals surface area contributed by atoms with Crippen LogP contribution in [0.5, 0.6) is 11.5 Å². The first-order valence-electron chi connectivity index (χ1n) is 4.13. The molecule has 0 bridgehead atoms. The van der Waals surface area contributed by atoms with E-state index in [1.807, 2.05) is 0 Å². The summed E-state index contributed by atoms with van der Waals surface area (Å²) in [6, 6.07) is 4.87. The van der Waals surface area contributed by atoms with Gasteiger partial charge >= 0.3 is 5.97 Å². The van der Waals surface area contributed by atoms with Crippen LogP contribution in [0.2, 0.25) is 0 Å². The Kier molecular flexibility index (Phi) is 3.34. The van der Waals surface area contributed by atoms with Crippen molar-refractivity contribution in [1.82, 2.24) is 0 Å². The van der Waals surface area contributed by atoms with E-state index in [0.29, 0.717) is 11.3 Å². The average molecular weight is 196 g/mol. The van der Waals surface area contributed by atoms with Gasteiger partial charge in [-0.25, -0.2) is 0 Å². The Morgan fingerprint density at radius 2 is 2.21 bits per heavy atom. The Hall–Kier alpha value is -1.71. The van der Waals surface area contributed by atoms with Crippen LogP contribution in [-0.2, 0) is 16.1 Å². The molecule has 0 aliphatic carbocycles. The van der Waals surface area contributed by atoms with E-state index in [2.05, 4.69) is 0 Å². The van der Waals surface area contributed by atoms with Crippen LogP contribution in [0.4, 0.5) is 0 Å². The highest BCUT2D eigenvalue weighted by Crippen LogP contribution is 2.27. The zero-order valence-corrected chi connectivity index (χ0v) is 8.11. The molecule has 1 N–H and O–H groups in total. The lowest BCUT2D eigenvalue weighted by atomic mass is 10.2. The number of carbonyl (C=O) groups excluding carboxylic acids is 1. The van der Waals surface area contributed by atoms with Crippen molar-refractivity contribution >= 4 is 5.97 Å². The highest BCUT2D eigenvalue weighted by molar-refractivity contribution is 5.66. The molecule has 0 aromatic heterocycles. The van der Waals surface area contributed by atoms with E-state index in [1.54, 1.807) is 12.1 Å². The molecule has 4 heteroatoms. The van der Waals surface area contributed by atoms with Crippen LogP contribution in [0.1, 0.15) is 12.5 Å². The van der Waals surface area contributed by atoms with E-state index in [9.17, 15) is 9.90 Å². The summed E-state index contributed by atoms with van der Waals surface area (Å²) in [5, 5.41) is 9.46. The van der Waals surface area contributed by atoms with E-state index < -0.39 is 5.97 Å². The zero-order chi connectivity index (χ0) is 10.6. The minimum absolute atomic E-state index is 0.0190. The number of carbonyl (C=O) groups is 1. The lowest BCUT2D eigenvalue weighted by Gasteiger charge is -2.09. The largest absolute Gasteiger partial charge is 0.507 e. The number of hydrogen-bond donors (Lipinski definition) is 1. The maximum absolute atomic E-state index is 10.6. The minimum atomic E-state index is -0.393. The van der Waals surface area contributed by atoms with E-state index in [-0.39, 0.29) is 12.4 Å². The Balaban J connectivity index is 2.87. The quantitative estimate of drug-likeness (QED) is 0.743. The first kappa shape index (κ1) is 10.4. The number of hydrogen-bond acceptors (Lipinski definition) is 4. The van der Waals surface area contributed by atoms with E-state index in [0.717, 1.165) is 0 Å². The molecule has 0 aliphatic rings. The second kappa shape index (κ2) is 4.50. The molecule has 0 atom stereocenters. The fourth-order valence-electron chi connectivity index (χ4n) is 1.06. The van der Waals surface area contributed by atoms with Crippen LogP contribution in [0.3, 0.4) is 0 Å². The zero-order valence-electron chi connectivity index (χ0n) is 8.11. The Bertz CT molecular complexity index is 333. The number of ether oxygens (including phenoxy) is 2. The maximum Gasteiger partial charge on any atom is 0.302 e. The highest BCUT2D eigenvalue weighted by atomic mass is 16.5. The first-order valence-corrected chi connectivity index (χ1v) is 4.13. The standard InChI is InChI=1S/C10H12O4/c1-7(11)14-6-8-9(12)4-3-5-10(8)13-2/h3-5,12H,6H2,1-2H3. The number of phenols is 1. The van der Waals surface area contributed by atoms with Crippen molar-refractivity contribution in [2.45, 2.75) is 13.5 Å². The topological polar surface area (TPSA) is 55.8 Å². The van der Waals surface area contributed by atoms with Gasteiger partial charge in [0, 0.05) is 6.92 Å². The molecule has 1 aromatic carbocycles. The molecule has 0 unspecified atom stereocenters. The molecule has 0 saturated carbocycles. The van der Waals surface area contributed by atoms with Gasteiger partial charge in [-0.1, -0.05) is 6.07 Å². The van der Waals surface area contributed by atoms with Crippen LogP contribution >= 0.6 is 0 Å². The number of benzene rings is 1. The van der Waals surface area contributed by atoms with Crippen molar-refractivity contribution in [3.63, 3.8) is 0 Å². The Morgan fingerprint density at radius 3 is 2.79 bits per heavy atom. The Morgan fingerprint density at radius 1 is 1.50 bits per heavy atom. The van der Waals surface area contributed by atoms with Crippen molar-refractivity contribution < 1.29 is 19.4 Å². The summed E-state index contributed by atoms with van der Waals surface area (Å²) < 4.78 is 9.78. The van der Waals surface area contributed by atoms with Gasteiger partial charge in [0.25, 0.3) is 0 Å². The molecule has 4 nitrogen and oxygen atoms in total. The number of esters is 1. The fraction of sp³-hybridized carbons (Fsp3) is 0.300. The second-order valence-electron chi connectivity index (χ2n) is 2.74. The molecule has 0 spiro atoms. The molecule has 76 valence electrons. The van der Waals surface area contributed by atoms with Gasteiger partial charge in [-0.3, -0.25) is 4.79 Å². The molecule has 0 heterocycles. The van der Waals surface area contributed by atoms with Crippen molar-refractivity contribution in [1.29, 1.82) is 0 Å². The molecule has 0 radical (unpaired) electrons. The van der Waals surface area contributed by atoms with Gasteiger partial charge in [-0.2, -0.15) is 0 Å². The van der Waals surface area contributed by atoms with Gasteiger partial charge < -0.3 is 14.6 Å². The van der Waals surface area contributed by atoms with Gasteiger partial charge in [0.15, 0.2) is 0 Å². The highest BCUT2D eigenvalue weighted by Gasteiger charge is 2.09. The molecule has 1 rings (SSSR count). The fourth-order valence-corrected chi connectivity index (χ4v) is 1.06. The van der Waals surface area contributed by atoms with E-state index in [4.69, 9.17) is 9.47 Å². The summed E-state index contributed by atoms with van der Waals surface area (Å²) in [6.45, 7) is 1.33. The predicted octanol–water partition coefficient (Wildman–Crippen LogP) is 1.46. The van der Waals surface area contributed by atoms with Gasteiger partial charge in [0.1, 0.15) is 18.1 Å². The molecular weight excluding hydrogens is 184 g/mol. The van der Waals surface area contributed by atoms with Crippen LogP contribution in [0.15, 0.2) is 18.2 Å².